The van der Waals surface area contributed by atoms with Crippen LogP contribution in [-0.4, -0.2) is 28.2 Å². The van der Waals surface area contributed by atoms with Crippen LogP contribution >= 0.6 is 0 Å². The summed E-state index contributed by atoms with van der Waals surface area (Å²) in [7, 11) is 0. The number of rotatable bonds is 2. The summed E-state index contributed by atoms with van der Waals surface area (Å²) in [6.45, 7) is 2.05. The number of piperidine rings is 1. The van der Waals surface area contributed by atoms with E-state index in [2.05, 4.69) is 23.1 Å². The quantitative estimate of drug-likeness (QED) is 0.686. The summed E-state index contributed by atoms with van der Waals surface area (Å²) in [5.74, 6) is 1.06. The Balaban J connectivity index is 1.51. The van der Waals surface area contributed by atoms with Crippen LogP contribution in [0.3, 0.4) is 0 Å². The molecule has 2 aliphatic rings. The molecule has 0 radical (unpaired) electrons. The van der Waals surface area contributed by atoms with Crippen molar-refractivity contribution in [2.75, 3.05) is 13.1 Å². The number of ether oxygens (including phenoxy) is 1. The van der Waals surface area contributed by atoms with Crippen molar-refractivity contribution < 1.29 is 14.9 Å². The number of aromatic hydroxyl groups is 1. The third-order valence-electron chi connectivity index (χ3n) is 6.32. The Morgan fingerprint density at radius 1 is 0.862 bits per heavy atom. The average molecular weight is 387 g/mol. The van der Waals surface area contributed by atoms with Crippen molar-refractivity contribution >= 4 is 0 Å². The van der Waals surface area contributed by atoms with E-state index in [1.165, 1.54) is 5.56 Å². The largest absolute Gasteiger partial charge is 0.508 e. The molecule has 0 spiro atoms. The number of likely N-dealkylation sites (tertiary alicyclic amines) is 1. The van der Waals surface area contributed by atoms with E-state index in [1.807, 2.05) is 48.5 Å². The lowest BCUT2D eigenvalue weighted by atomic mass is 9.82. The zero-order valence-electron chi connectivity index (χ0n) is 16.3. The van der Waals surface area contributed by atoms with Gasteiger partial charge < -0.3 is 14.9 Å². The van der Waals surface area contributed by atoms with Gasteiger partial charge in [-0.2, -0.15) is 0 Å². The Kier molecular flexibility index (Phi) is 4.53. The SMILES string of the molecule is Oc1ccc2c(c1)C(N1CCC(O)(c3ccccc3)CC1)c1ccccc1CO2. The average Bonchev–Trinajstić information content (AvgIpc) is 2.92. The highest BCUT2D eigenvalue weighted by molar-refractivity contribution is 5.49. The number of fused-ring (bicyclic) bond motifs is 2. The van der Waals surface area contributed by atoms with Crippen molar-refractivity contribution in [1.29, 1.82) is 0 Å². The van der Waals surface area contributed by atoms with Gasteiger partial charge in [0.1, 0.15) is 18.1 Å². The molecule has 2 aliphatic heterocycles. The van der Waals surface area contributed by atoms with Crippen LogP contribution in [0.1, 0.15) is 41.1 Å². The number of aliphatic hydroxyl groups is 1. The molecule has 29 heavy (non-hydrogen) atoms. The van der Waals surface area contributed by atoms with E-state index >= 15 is 0 Å². The first-order valence-corrected chi connectivity index (χ1v) is 10.2. The molecule has 3 aromatic carbocycles. The minimum absolute atomic E-state index is 0.00359. The van der Waals surface area contributed by atoms with Crippen LogP contribution in [0.15, 0.2) is 72.8 Å². The smallest absolute Gasteiger partial charge is 0.125 e. The van der Waals surface area contributed by atoms with Gasteiger partial charge in [-0.3, -0.25) is 4.90 Å². The van der Waals surface area contributed by atoms with Crippen molar-refractivity contribution in [2.24, 2.45) is 0 Å². The van der Waals surface area contributed by atoms with Gasteiger partial charge in [-0.25, -0.2) is 0 Å². The first kappa shape index (κ1) is 18.2. The molecule has 0 amide bonds. The lowest BCUT2D eigenvalue weighted by molar-refractivity contribution is -0.0325. The second-order valence-electron chi connectivity index (χ2n) is 8.05. The fourth-order valence-corrected chi connectivity index (χ4v) is 4.72. The predicted molar refractivity (Wildman–Crippen MR) is 112 cm³/mol. The number of nitrogens with zero attached hydrogens (tertiary/aromatic N) is 1. The van der Waals surface area contributed by atoms with Crippen molar-refractivity contribution in [2.45, 2.75) is 31.1 Å². The first-order chi connectivity index (χ1) is 14.1. The van der Waals surface area contributed by atoms with Crippen molar-refractivity contribution in [3.63, 3.8) is 0 Å². The van der Waals surface area contributed by atoms with Gasteiger partial charge in [-0.05, 0) is 47.7 Å². The second kappa shape index (κ2) is 7.21. The minimum Gasteiger partial charge on any atom is -0.508 e. The first-order valence-electron chi connectivity index (χ1n) is 10.2. The zero-order valence-corrected chi connectivity index (χ0v) is 16.3. The molecular weight excluding hydrogens is 362 g/mol. The highest BCUT2D eigenvalue weighted by atomic mass is 16.5. The van der Waals surface area contributed by atoms with E-state index in [-0.39, 0.29) is 11.8 Å². The summed E-state index contributed by atoms with van der Waals surface area (Å²) in [6.07, 6.45) is 1.34. The Morgan fingerprint density at radius 3 is 2.38 bits per heavy atom. The summed E-state index contributed by atoms with van der Waals surface area (Å²) in [5.41, 5.74) is 3.56. The van der Waals surface area contributed by atoms with E-state index in [0.29, 0.717) is 19.4 Å². The van der Waals surface area contributed by atoms with Crippen molar-refractivity contribution in [3.8, 4) is 11.5 Å². The maximum atomic E-state index is 11.3. The maximum absolute atomic E-state index is 11.3. The molecule has 1 fully saturated rings. The molecule has 2 heterocycles. The van der Waals surface area contributed by atoms with E-state index < -0.39 is 5.60 Å². The molecule has 1 saturated heterocycles. The van der Waals surface area contributed by atoms with Crippen molar-refractivity contribution in [1.82, 2.24) is 4.90 Å². The number of hydrogen-bond donors (Lipinski definition) is 2. The minimum atomic E-state index is -0.792. The lowest BCUT2D eigenvalue weighted by Crippen LogP contribution is -2.44. The molecule has 2 N–H and O–H groups in total. The highest BCUT2D eigenvalue weighted by Crippen LogP contribution is 2.44. The number of benzene rings is 3. The summed E-state index contributed by atoms with van der Waals surface area (Å²) in [4.78, 5) is 2.41. The molecule has 1 unspecified atom stereocenters. The van der Waals surface area contributed by atoms with Gasteiger partial charge in [-0.15, -0.1) is 0 Å². The molecule has 1 atom stereocenters. The predicted octanol–water partition coefficient (Wildman–Crippen LogP) is 4.36. The normalized spacial score (nSPS) is 20.8. The number of phenols is 1. The fraction of sp³-hybridized carbons (Fsp3) is 0.280. The standard InChI is InChI=1S/C25H25NO3/c27-20-10-11-23-22(16-20)24(21-9-5-4-6-18(21)17-29-23)26-14-12-25(28,13-15-26)19-7-2-1-3-8-19/h1-11,16,24,27-28H,12-15,17H2. The van der Waals surface area contributed by atoms with Gasteiger partial charge in [0.25, 0.3) is 0 Å². The Bertz CT molecular complexity index is 1010. The van der Waals surface area contributed by atoms with E-state index in [9.17, 15) is 10.2 Å². The van der Waals surface area contributed by atoms with Crippen molar-refractivity contribution in [3.05, 3.63) is 95.1 Å². The summed E-state index contributed by atoms with van der Waals surface area (Å²) in [6, 6.07) is 23.7. The maximum Gasteiger partial charge on any atom is 0.125 e. The molecule has 4 nitrogen and oxygen atoms in total. The molecule has 4 heteroatoms. The number of phenolic OH excluding ortho intramolecular Hbond substituents is 1. The van der Waals surface area contributed by atoms with Crippen LogP contribution in [0.2, 0.25) is 0 Å². The molecule has 0 aliphatic carbocycles. The molecule has 0 aromatic heterocycles. The topological polar surface area (TPSA) is 52.9 Å². The van der Waals surface area contributed by atoms with Crippen LogP contribution in [0.5, 0.6) is 11.5 Å². The van der Waals surface area contributed by atoms with Gasteiger partial charge >= 0.3 is 0 Å². The monoisotopic (exact) mass is 387 g/mol. The second-order valence-corrected chi connectivity index (χ2v) is 8.05. The molecular formula is C25H25NO3. The van der Waals surface area contributed by atoms with Gasteiger partial charge in [0.15, 0.2) is 0 Å². The summed E-state index contributed by atoms with van der Waals surface area (Å²) < 4.78 is 6.07. The van der Waals surface area contributed by atoms with E-state index in [1.54, 1.807) is 6.07 Å². The van der Waals surface area contributed by atoms with E-state index in [4.69, 9.17) is 4.74 Å². The van der Waals surface area contributed by atoms with Gasteiger partial charge in [0, 0.05) is 18.7 Å². The van der Waals surface area contributed by atoms with Crippen LogP contribution < -0.4 is 4.74 Å². The molecule has 5 rings (SSSR count). The van der Waals surface area contributed by atoms with Gasteiger partial charge in [0.05, 0.1) is 11.6 Å². The van der Waals surface area contributed by atoms with Crippen LogP contribution in [0, 0.1) is 0 Å². The Morgan fingerprint density at radius 2 is 1.59 bits per heavy atom. The highest BCUT2D eigenvalue weighted by Gasteiger charge is 2.38. The third-order valence-corrected chi connectivity index (χ3v) is 6.32. The van der Waals surface area contributed by atoms with Crippen LogP contribution in [-0.2, 0) is 12.2 Å². The zero-order chi connectivity index (χ0) is 19.8. The molecule has 0 saturated carbocycles. The lowest BCUT2D eigenvalue weighted by Gasteiger charge is -2.42. The molecule has 3 aromatic rings. The van der Waals surface area contributed by atoms with E-state index in [0.717, 1.165) is 35.5 Å². The number of hydrogen-bond acceptors (Lipinski definition) is 4. The third kappa shape index (κ3) is 3.28. The fourth-order valence-electron chi connectivity index (χ4n) is 4.72. The van der Waals surface area contributed by atoms with Gasteiger partial charge in [0.2, 0.25) is 0 Å². The Hall–Kier alpha value is -2.82. The van der Waals surface area contributed by atoms with Crippen LogP contribution in [0.4, 0.5) is 0 Å². The summed E-state index contributed by atoms with van der Waals surface area (Å²) in [5, 5.41) is 21.4. The van der Waals surface area contributed by atoms with Gasteiger partial charge in [-0.1, -0.05) is 54.6 Å². The van der Waals surface area contributed by atoms with Crippen LogP contribution in [0.25, 0.3) is 0 Å². The Labute approximate surface area is 171 Å². The summed E-state index contributed by atoms with van der Waals surface area (Å²) >= 11 is 0. The molecule has 0 bridgehead atoms. The molecule has 148 valence electrons.